The summed E-state index contributed by atoms with van der Waals surface area (Å²) in [6.07, 6.45) is 25.1. The Kier molecular flexibility index (Phi) is 27.6. The lowest BCUT2D eigenvalue weighted by molar-refractivity contribution is 0.185. The fraction of sp³-hybridized carbons (Fsp3) is 0.570. The van der Waals surface area contributed by atoms with E-state index in [9.17, 15) is 19.2 Å². The van der Waals surface area contributed by atoms with Crippen LogP contribution in [-0.4, -0.2) is 130 Å². The normalized spacial score (nSPS) is 23.7. The molecule has 28 nitrogen and oxygen atoms in total. The van der Waals surface area contributed by atoms with Crippen molar-refractivity contribution in [1.29, 1.82) is 0 Å². The largest absolute Gasteiger partial charge is 0.397 e. The van der Waals surface area contributed by atoms with Gasteiger partial charge in [0.05, 0.1) is 42.9 Å². The summed E-state index contributed by atoms with van der Waals surface area (Å²) in [5, 5.41) is 2.08. The van der Waals surface area contributed by atoms with Crippen LogP contribution < -0.4 is 93.4 Å². The quantitative estimate of drug-likeness (QED) is 0.0484. The predicted octanol–water partition coefficient (Wildman–Crippen LogP) is 13.3. The standard InChI is InChI=1S/C23H31ClN6OS.3C21H29ClN6OS/c1-13-5-7-23(19(13)25)8-11-30(12-9-23)22-28-20(26)18(21(31)29(22)2)32-15-6-10-27-17(16(15)24)14-3-4-14;2*1-12-4-6-21(17(12)23)7-10-28(11-8-21)20-26-18(24)16(19(29)27(20)3)30-14-5-9-25-13(2)15(14)22;1-12-6-7-21(17(12)24)8-10-28(11-9-21)20-26-18(25)16(19(29)27(20)2)30-14-5-3-4-13(23)15(14)22/h6,10,13-14,19H,3-5,7-9,11-12,25-26H2,1-2H3;2*5,9,12,17H,4,6-8,10-11,23-24H2,1-3H3;3-5,12,17H,6-11,23-25H2,1-2H3/t13-,19-;3*12-,17-/m1111/s1. The summed E-state index contributed by atoms with van der Waals surface area (Å²) in [6, 6.07) is 11.8. The number of halogens is 4. The first-order chi connectivity index (χ1) is 58.0. The van der Waals surface area contributed by atoms with Gasteiger partial charge in [0.15, 0.2) is 0 Å². The highest BCUT2D eigenvalue weighted by Gasteiger charge is 2.51. The van der Waals surface area contributed by atoms with Gasteiger partial charge in [0, 0.05) is 149 Å². The molecule has 4 aliphatic heterocycles. The Morgan fingerprint density at radius 2 is 0.607 bits per heavy atom. The molecule has 4 spiro atoms. The molecule has 5 saturated carbocycles. The van der Waals surface area contributed by atoms with Crippen LogP contribution in [0.4, 0.5) is 52.8 Å². The Hall–Kier alpha value is -7.21. The molecule has 8 atom stereocenters. The molecular formula is C86H118Cl4N24O4S4. The molecule has 0 amide bonds. The monoisotopic (exact) mass is 1820 g/mol. The van der Waals surface area contributed by atoms with Gasteiger partial charge in [-0.15, -0.1) is 0 Å². The van der Waals surface area contributed by atoms with Crippen molar-refractivity contribution >= 4 is 146 Å². The van der Waals surface area contributed by atoms with Gasteiger partial charge in [0.1, 0.15) is 42.9 Å². The number of nitrogens with zero attached hydrogens (tertiary/aromatic N) is 15. The number of hydrogen-bond donors (Lipinski definition) is 9. The average molecular weight is 1820 g/mol. The van der Waals surface area contributed by atoms with Crippen LogP contribution in [0.15, 0.2) is 113 Å². The second kappa shape index (κ2) is 37.0. The highest BCUT2D eigenvalue weighted by Crippen LogP contribution is 2.54. The Morgan fingerprint density at radius 3 is 0.861 bits per heavy atom. The zero-order valence-corrected chi connectivity index (χ0v) is 77.7. The Labute approximate surface area is 750 Å². The number of pyridine rings is 3. The summed E-state index contributed by atoms with van der Waals surface area (Å²) in [5.41, 5.74) is 60.1. The third kappa shape index (κ3) is 18.0. The zero-order chi connectivity index (χ0) is 87.5. The molecule has 0 radical (unpaired) electrons. The molecule has 658 valence electrons. The van der Waals surface area contributed by atoms with Gasteiger partial charge >= 0.3 is 0 Å². The molecule has 0 unspecified atom stereocenters. The fourth-order valence-corrected chi connectivity index (χ4v) is 24.9. The first kappa shape index (κ1) is 91.0. The van der Waals surface area contributed by atoms with Gasteiger partial charge in [-0.25, -0.2) is 0 Å². The topological polar surface area (TPSA) is 425 Å². The van der Waals surface area contributed by atoms with Crippen LogP contribution in [0.1, 0.15) is 166 Å². The molecule has 17 rings (SSSR count). The number of nitrogen functional groups attached to an aromatic ring is 5. The van der Waals surface area contributed by atoms with E-state index in [4.69, 9.17) is 98.0 Å². The summed E-state index contributed by atoms with van der Waals surface area (Å²) in [7, 11) is 7.01. The van der Waals surface area contributed by atoms with Crippen LogP contribution in [0.25, 0.3) is 0 Å². The lowest BCUT2D eigenvalue weighted by Gasteiger charge is -2.43. The Balaban J connectivity index is 0.000000133. The SMILES string of the molecule is C[C@@H]1CCC2(CCN(c3nc(N)c(Sc4cccc(N)c4Cl)c(=O)n3C)CC2)[C@@H]1N.C[C@@H]1CCC2(CCN(c3nc(N)c(Sc4ccnc(C5CC5)c4Cl)c(=O)n3C)CC2)[C@@H]1N.Cc1nccc(Sc2c(N)nc(N3CCC4(CC[C@@H](C)[C@H]4N)CC3)n(C)c2=O)c1Cl.Cc1nccc(Sc2c(N)nc(N3CCC4(CC[C@@H](C)[C@H]4N)CC3)n(C)c2=O)c1Cl. The van der Waals surface area contributed by atoms with E-state index in [1.165, 1.54) is 98.4 Å². The van der Waals surface area contributed by atoms with Crippen molar-refractivity contribution in [2.45, 2.75) is 226 Å². The van der Waals surface area contributed by atoms with Crippen molar-refractivity contribution in [3.05, 3.63) is 134 Å². The van der Waals surface area contributed by atoms with E-state index in [1.807, 2.05) is 26.0 Å². The number of rotatable bonds is 13. The van der Waals surface area contributed by atoms with E-state index in [2.05, 4.69) is 82.2 Å². The summed E-state index contributed by atoms with van der Waals surface area (Å²) in [4.78, 5) is 97.0. The summed E-state index contributed by atoms with van der Waals surface area (Å²) >= 11 is 30.5. The van der Waals surface area contributed by atoms with E-state index in [-0.39, 0.29) is 91.3 Å². The molecule has 5 aliphatic carbocycles. The van der Waals surface area contributed by atoms with Gasteiger partial charge < -0.3 is 71.2 Å². The van der Waals surface area contributed by atoms with Crippen molar-refractivity contribution in [3.63, 3.8) is 0 Å². The number of hydrogen-bond acceptors (Lipinski definition) is 28. The van der Waals surface area contributed by atoms with Crippen molar-refractivity contribution in [2.75, 3.05) is 101 Å². The zero-order valence-electron chi connectivity index (χ0n) is 71.5. The molecule has 4 saturated heterocycles. The maximum absolute atomic E-state index is 13.3. The van der Waals surface area contributed by atoms with Gasteiger partial charge in [0.2, 0.25) is 23.8 Å². The van der Waals surface area contributed by atoms with Gasteiger partial charge in [-0.2, -0.15) is 19.9 Å². The van der Waals surface area contributed by atoms with Crippen molar-refractivity contribution in [2.24, 2.45) is 96.5 Å². The van der Waals surface area contributed by atoms with Crippen LogP contribution in [0.2, 0.25) is 20.1 Å². The Bertz CT molecular complexity index is 5080. The fourth-order valence-electron chi connectivity index (χ4n) is 20.1. The summed E-state index contributed by atoms with van der Waals surface area (Å²) < 4.78 is 6.38. The van der Waals surface area contributed by atoms with E-state index in [1.54, 1.807) is 89.3 Å². The highest BCUT2D eigenvalue weighted by atomic mass is 35.5. The summed E-state index contributed by atoms with van der Waals surface area (Å²) in [6.45, 7) is 19.4. The molecule has 18 N–H and O–H groups in total. The molecule has 1 aromatic carbocycles. The predicted molar refractivity (Wildman–Crippen MR) is 498 cm³/mol. The van der Waals surface area contributed by atoms with Crippen LogP contribution in [0, 0.1) is 59.2 Å². The molecule has 7 aromatic heterocycles. The molecule has 8 aromatic rings. The van der Waals surface area contributed by atoms with E-state index >= 15 is 0 Å². The van der Waals surface area contributed by atoms with Crippen LogP contribution in [0.3, 0.4) is 0 Å². The molecule has 9 fully saturated rings. The first-order valence-corrected chi connectivity index (χ1v) is 47.4. The average Bonchev–Trinajstić information content (AvgIpc) is 1.62. The molecule has 9 aliphatic rings. The number of benzene rings is 1. The summed E-state index contributed by atoms with van der Waals surface area (Å²) in [5.74, 6) is 6.14. The number of aromatic nitrogens is 11. The third-order valence-electron chi connectivity index (χ3n) is 28.6. The molecule has 11 heterocycles. The second-order valence-electron chi connectivity index (χ2n) is 35.8. The van der Waals surface area contributed by atoms with E-state index in [0.717, 1.165) is 137 Å². The van der Waals surface area contributed by atoms with Crippen LogP contribution in [0.5, 0.6) is 0 Å². The molecule has 0 bridgehead atoms. The minimum absolute atomic E-state index is 0.148. The van der Waals surface area contributed by atoms with Crippen LogP contribution in [-0.2, 0) is 28.2 Å². The second-order valence-corrected chi connectivity index (χ2v) is 41.5. The number of anilines is 9. The van der Waals surface area contributed by atoms with Crippen molar-refractivity contribution in [1.82, 2.24) is 53.2 Å². The smallest absolute Gasteiger partial charge is 0.270 e. The molecular weight excluding hydrogens is 1700 g/mol. The lowest BCUT2D eigenvalue weighted by Crippen LogP contribution is -2.49. The van der Waals surface area contributed by atoms with Gasteiger partial charge in [0.25, 0.3) is 22.2 Å². The minimum Gasteiger partial charge on any atom is -0.397 e. The maximum atomic E-state index is 13.3. The molecule has 122 heavy (non-hydrogen) atoms. The van der Waals surface area contributed by atoms with Gasteiger partial charge in [-0.3, -0.25) is 52.4 Å². The number of piperidine rings is 4. The van der Waals surface area contributed by atoms with Gasteiger partial charge in [-0.1, -0.05) is 127 Å². The highest BCUT2D eigenvalue weighted by molar-refractivity contribution is 8.00. The van der Waals surface area contributed by atoms with E-state index in [0.29, 0.717) is 115 Å². The minimum atomic E-state index is -0.188. The Morgan fingerprint density at radius 1 is 0.352 bits per heavy atom. The maximum Gasteiger partial charge on any atom is 0.270 e. The number of nitrogens with two attached hydrogens (primary N) is 9. The van der Waals surface area contributed by atoms with Crippen molar-refractivity contribution in [3.8, 4) is 0 Å². The van der Waals surface area contributed by atoms with E-state index < -0.39 is 0 Å². The van der Waals surface area contributed by atoms with Crippen LogP contribution >= 0.6 is 93.5 Å². The third-order valence-corrected chi connectivity index (χ3v) is 35.4. The number of aryl methyl sites for hydroxylation is 2. The first-order valence-electron chi connectivity index (χ1n) is 42.6. The van der Waals surface area contributed by atoms with Gasteiger partial charge in [-0.05, 0) is 205 Å². The van der Waals surface area contributed by atoms with Crippen molar-refractivity contribution < 1.29 is 0 Å². The lowest BCUT2D eigenvalue weighted by atomic mass is 9.73. The molecule has 36 heteroatoms.